The summed E-state index contributed by atoms with van der Waals surface area (Å²) in [5.74, 6) is 0.327. The fourth-order valence-electron chi connectivity index (χ4n) is 4.79. The Morgan fingerprint density at radius 2 is 1.72 bits per heavy atom. The number of piperidine rings is 1. The number of nitrogens with zero attached hydrogens (tertiary/aromatic N) is 3. The van der Waals surface area contributed by atoms with E-state index in [2.05, 4.69) is 34.7 Å². The van der Waals surface area contributed by atoms with Crippen LogP contribution in [0.25, 0.3) is 11.1 Å². The van der Waals surface area contributed by atoms with Gasteiger partial charge in [0, 0.05) is 43.1 Å². The van der Waals surface area contributed by atoms with E-state index in [9.17, 15) is 9.59 Å². The number of benzene rings is 2. The minimum atomic E-state index is -0.134. The lowest BCUT2D eigenvalue weighted by Gasteiger charge is -2.32. The fourth-order valence-corrected chi connectivity index (χ4v) is 5.61. The fraction of sp³-hybridized carbons (Fsp3) is 0.276. The summed E-state index contributed by atoms with van der Waals surface area (Å²) >= 11 is 1.42. The Balaban J connectivity index is 1.22. The average molecular weight is 499 g/mol. The zero-order chi connectivity index (χ0) is 25.2. The molecule has 36 heavy (non-hydrogen) atoms. The van der Waals surface area contributed by atoms with Crippen molar-refractivity contribution in [3.63, 3.8) is 0 Å². The van der Waals surface area contributed by atoms with Crippen molar-refractivity contribution in [2.24, 2.45) is 7.05 Å². The first-order chi connectivity index (χ1) is 17.4. The van der Waals surface area contributed by atoms with Gasteiger partial charge in [-0.2, -0.15) is 5.10 Å². The number of nitrogens with one attached hydrogen (secondary N) is 1. The van der Waals surface area contributed by atoms with E-state index >= 15 is 0 Å². The van der Waals surface area contributed by atoms with Gasteiger partial charge in [-0.05, 0) is 78.4 Å². The summed E-state index contributed by atoms with van der Waals surface area (Å²) in [5, 5.41) is 9.16. The zero-order valence-corrected chi connectivity index (χ0v) is 21.6. The van der Waals surface area contributed by atoms with E-state index in [1.165, 1.54) is 16.9 Å². The number of aryl methyl sites for hydroxylation is 3. The third-order valence-corrected chi connectivity index (χ3v) is 8.02. The van der Waals surface area contributed by atoms with Crippen LogP contribution in [0, 0.1) is 13.8 Å². The predicted octanol–water partition coefficient (Wildman–Crippen LogP) is 6.04. The van der Waals surface area contributed by atoms with Crippen molar-refractivity contribution >= 4 is 28.8 Å². The highest BCUT2D eigenvalue weighted by atomic mass is 32.1. The molecule has 1 aliphatic rings. The summed E-state index contributed by atoms with van der Waals surface area (Å²) in [4.78, 5) is 28.6. The van der Waals surface area contributed by atoms with Crippen LogP contribution in [0.15, 0.2) is 66.3 Å². The number of likely N-dealkylation sites (tertiary alicyclic amines) is 1. The molecule has 2 aromatic carbocycles. The van der Waals surface area contributed by atoms with Crippen LogP contribution >= 0.6 is 11.3 Å². The molecule has 7 heteroatoms. The van der Waals surface area contributed by atoms with Gasteiger partial charge in [-0.15, -0.1) is 11.3 Å². The first-order valence-corrected chi connectivity index (χ1v) is 13.1. The van der Waals surface area contributed by atoms with Crippen molar-refractivity contribution in [2.75, 3.05) is 18.4 Å². The van der Waals surface area contributed by atoms with Gasteiger partial charge in [-0.1, -0.05) is 30.3 Å². The molecule has 184 valence electrons. The number of thiophene rings is 1. The van der Waals surface area contributed by atoms with Crippen molar-refractivity contribution < 1.29 is 9.59 Å². The van der Waals surface area contributed by atoms with E-state index < -0.39 is 0 Å². The van der Waals surface area contributed by atoms with E-state index in [1.54, 1.807) is 0 Å². The molecule has 3 heterocycles. The number of carbonyl (C=O) groups is 2. The minimum absolute atomic E-state index is 0.0168. The predicted molar refractivity (Wildman–Crippen MR) is 145 cm³/mol. The largest absolute Gasteiger partial charge is 0.339 e. The van der Waals surface area contributed by atoms with E-state index in [0.717, 1.165) is 48.2 Å². The highest BCUT2D eigenvalue weighted by molar-refractivity contribution is 7.12. The summed E-state index contributed by atoms with van der Waals surface area (Å²) < 4.78 is 1.81. The first-order valence-electron chi connectivity index (χ1n) is 12.2. The third kappa shape index (κ3) is 4.97. The number of aromatic nitrogens is 2. The average Bonchev–Trinajstić information content (AvgIpc) is 3.53. The van der Waals surface area contributed by atoms with Crippen LogP contribution in [-0.4, -0.2) is 39.6 Å². The van der Waals surface area contributed by atoms with Crippen molar-refractivity contribution in [1.82, 2.24) is 14.7 Å². The molecule has 0 atom stereocenters. The molecular weight excluding hydrogens is 468 g/mol. The van der Waals surface area contributed by atoms with Gasteiger partial charge in [0.1, 0.15) is 0 Å². The van der Waals surface area contributed by atoms with Crippen LogP contribution < -0.4 is 5.32 Å². The van der Waals surface area contributed by atoms with Gasteiger partial charge >= 0.3 is 0 Å². The van der Waals surface area contributed by atoms with Gasteiger partial charge in [0.15, 0.2) is 0 Å². The van der Waals surface area contributed by atoms with Crippen LogP contribution in [0.1, 0.15) is 55.5 Å². The van der Waals surface area contributed by atoms with Crippen LogP contribution in [0.4, 0.5) is 5.69 Å². The van der Waals surface area contributed by atoms with E-state index in [0.29, 0.717) is 22.0 Å². The lowest BCUT2D eigenvalue weighted by Crippen LogP contribution is -2.38. The Morgan fingerprint density at radius 1 is 0.972 bits per heavy atom. The molecule has 0 bridgehead atoms. The summed E-state index contributed by atoms with van der Waals surface area (Å²) in [7, 11) is 1.92. The molecule has 5 rings (SSSR count). The quantitative estimate of drug-likeness (QED) is 0.365. The number of hydrogen-bond acceptors (Lipinski definition) is 4. The SMILES string of the molecule is Cc1ccc(C(=O)N2CCC(c3ccc(-c4cnn(C)c4)cc3)CC2)cc1NC(=O)c1sccc1C. The molecule has 2 aromatic heterocycles. The van der Waals surface area contributed by atoms with E-state index in [-0.39, 0.29) is 11.8 Å². The number of amides is 2. The van der Waals surface area contributed by atoms with Crippen molar-refractivity contribution in [3.8, 4) is 11.1 Å². The number of anilines is 1. The molecule has 0 radical (unpaired) electrons. The lowest BCUT2D eigenvalue weighted by atomic mass is 9.88. The standard InChI is InChI=1S/C29H30N4O2S/c1-19-4-5-24(16-26(19)31-28(34)27-20(2)12-15-36-27)29(35)33-13-10-23(11-14-33)21-6-8-22(9-7-21)25-17-30-32(3)18-25/h4-9,12,15-18,23H,10-11,13-14H2,1-3H3,(H,31,34). The van der Waals surface area contributed by atoms with Gasteiger partial charge in [-0.25, -0.2) is 0 Å². The van der Waals surface area contributed by atoms with Crippen molar-refractivity contribution in [2.45, 2.75) is 32.6 Å². The Kier molecular flexibility index (Phi) is 6.74. The summed E-state index contributed by atoms with van der Waals surface area (Å²) in [6, 6.07) is 16.2. The Bertz CT molecular complexity index is 1390. The van der Waals surface area contributed by atoms with Gasteiger partial charge in [0.2, 0.25) is 0 Å². The molecule has 6 nitrogen and oxygen atoms in total. The monoisotopic (exact) mass is 498 g/mol. The maximum atomic E-state index is 13.3. The molecule has 1 aliphatic heterocycles. The molecule has 0 aliphatic carbocycles. The van der Waals surface area contributed by atoms with Crippen LogP contribution in [0.3, 0.4) is 0 Å². The molecule has 0 spiro atoms. The molecule has 1 fully saturated rings. The van der Waals surface area contributed by atoms with Crippen LogP contribution in [0.5, 0.6) is 0 Å². The van der Waals surface area contributed by atoms with E-state index in [4.69, 9.17) is 0 Å². The Morgan fingerprint density at radius 3 is 2.36 bits per heavy atom. The van der Waals surface area contributed by atoms with Crippen LogP contribution in [0.2, 0.25) is 0 Å². The highest BCUT2D eigenvalue weighted by Gasteiger charge is 2.25. The van der Waals surface area contributed by atoms with Crippen molar-refractivity contribution in [3.05, 3.63) is 93.4 Å². The summed E-state index contributed by atoms with van der Waals surface area (Å²) in [5.41, 5.74) is 6.78. The topological polar surface area (TPSA) is 67.2 Å². The minimum Gasteiger partial charge on any atom is -0.339 e. The smallest absolute Gasteiger partial charge is 0.266 e. The maximum absolute atomic E-state index is 13.3. The molecule has 0 unspecified atom stereocenters. The van der Waals surface area contributed by atoms with Gasteiger partial charge < -0.3 is 10.2 Å². The van der Waals surface area contributed by atoms with Gasteiger partial charge in [-0.3, -0.25) is 14.3 Å². The summed E-state index contributed by atoms with van der Waals surface area (Å²) in [6.45, 7) is 5.31. The second kappa shape index (κ2) is 10.1. The molecule has 4 aromatic rings. The Labute approximate surface area is 215 Å². The zero-order valence-electron chi connectivity index (χ0n) is 20.8. The second-order valence-corrected chi connectivity index (χ2v) is 10.4. The molecule has 0 saturated carbocycles. The summed E-state index contributed by atoms with van der Waals surface area (Å²) in [6.07, 6.45) is 5.77. The molecule has 2 amide bonds. The maximum Gasteiger partial charge on any atom is 0.266 e. The third-order valence-electron chi connectivity index (χ3n) is 7.00. The molecular formula is C29H30N4O2S. The molecule has 1 saturated heterocycles. The number of carbonyl (C=O) groups excluding carboxylic acids is 2. The second-order valence-electron chi connectivity index (χ2n) is 9.51. The normalized spacial score (nSPS) is 14.1. The highest BCUT2D eigenvalue weighted by Crippen LogP contribution is 2.31. The number of hydrogen-bond donors (Lipinski definition) is 1. The van der Waals surface area contributed by atoms with Crippen LogP contribution in [-0.2, 0) is 7.05 Å². The van der Waals surface area contributed by atoms with Gasteiger partial charge in [0.05, 0.1) is 11.1 Å². The first kappa shape index (κ1) is 24.0. The number of rotatable bonds is 5. The van der Waals surface area contributed by atoms with Gasteiger partial charge in [0.25, 0.3) is 11.8 Å². The van der Waals surface area contributed by atoms with E-state index in [1.807, 2.05) is 72.5 Å². The lowest BCUT2D eigenvalue weighted by molar-refractivity contribution is 0.0712. The van der Waals surface area contributed by atoms with Crippen molar-refractivity contribution in [1.29, 1.82) is 0 Å². The molecule has 1 N–H and O–H groups in total. The Hall–Kier alpha value is -3.71.